The van der Waals surface area contributed by atoms with Crippen LogP contribution in [-0.2, 0) is 22.5 Å². The number of nitrogens with zero attached hydrogens (tertiary/aromatic N) is 2. The van der Waals surface area contributed by atoms with Crippen LogP contribution in [0.2, 0.25) is 5.02 Å². The summed E-state index contributed by atoms with van der Waals surface area (Å²) in [5.74, 6) is 0.610. The maximum absolute atomic E-state index is 12.1. The summed E-state index contributed by atoms with van der Waals surface area (Å²) in [5.41, 5.74) is 1.84. The lowest BCUT2D eigenvalue weighted by Crippen LogP contribution is -3.00. The Balaban J connectivity index is 0.00000261. The fraction of sp³-hybridized carbons (Fsp3) is 0.211. The number of carbonyl (C=O) groups is 1. The van der Waals surface area contributed by atoms with Crippen LogP contribution >= 0.6 is 11.6 Å². The Morgan fingerprint density at radius 3 is 2.70 bits per heavy atom. The first-order valence-corrected chi connectivity index (χ1v) is 8.57. The van der Waals surface area contributed by atoms with Crippen LogP contribution in [0.4, 0.5) is 0 Å². The average molecular weight is 408 g/mol. The lowest BCUT2D eigenvalue weighted by Gasteiger charge is -2.12. The molecule has 0 saturated heterocycles. The highest BCUT2D eigenvalue weighted by Gasteiger charge is 2.24. The minimum Gasteiger partial charge on any atom is -1.00 e. The number of ether oxygens (including phenoxy) is 1. The number of rotatable bonds is 7. The minimum absolute atomic E-state index is 0. The van der Waals surface area contributed by atoms with Crippen molar-refractivity contribution in [3.63, 3.8) is 0 Å². The molecule has 27 heavy (non-hydrogen) atoms. The van der Waals surface area contributed by atoms with Gasteiger partial charge in [0.1, 0.15) is 0 Å². The zero-order chi connectivity index (χ0) is 18.4. The van der Waals surface area contributed by atoms with Crippen LogP contribution in [0, 0.1) is 0 Å². The Kier molecular flexibility index (Phi) is 7.79. The van der Waals surface area contributed by atoms with E-state index in [1.54, 1.807) is 12.1 Å². The topological polar surface area (TPSA) is 81.8 Å². The standard InChI is InChI=1S/C19H18ClN3O3.ClH/c1-25-19(24)16(10-13-6-3-2-4-7-13)21-12-17-22-18(23-26-17)14-8-5-9-15(20)11-14;/h2-9,11,16,21H,10,12H2,1H3;1H. The van der Waals surface area contributed by atoms with Gasteiger partial charge >= 0.3 is 5.97 Å². The number of aromatic nitrogens is 2. The van der Waals surface area contributed by atoms with Crippen molar-refractivity contribution in [2.24, 2.45) is 0 Å². The lowest BCUT2D eigenvalue weighted by molar-refractivity contribution is -0.695. The van der Waals surface area contributed by atoms with Gasteiger partial charge in [-0.3, -0.25) is 0 Å². The second kappa shape index (κ2) is 10.1. The molecule has 2 aromatic carbocycles. The van der Waals surface area contributed by atoms with Crippen molar-refractivity contribution >= 4 is 17.6 Å². The van der Waals surface area contributed by atoms with E-state index >= 15 is 0 Å². The smallest absolute Gasteiger partial charge is 0.364 e. The van der Waals surface area contributed by atoms with Gasteiger partial charge in [0.15, 0.2) is 12.6 Å². The van der Waals surface area contributed by atoms with Gasteiger partial charge in [-0.05, 0) is 17.7 Å². The normalized spacial score (nSPS) is 11.5. The summed E-state index contributed by atoms with van der Waals surface area (Å²) < 4.78 is 10.2. The predicted octanol–water partition coefficient (Wildman–Crippen LogP) is -0.758. The first-order valence-electron chi connectivity index (χ1n) is 8.19. The van der Waals surface area contributed by atoms with Gasteiger partial charge in [-0.25, -0.2) is 4.79 Å². The number of benzene rings is 2. The van der Waals surface area contributed by atoms with Gasteiger partial charge in [0.2, 0.25) is 5.82 Å². The van der Waals surface area contributed by atoms with E-state index in [0.717, 1.165) is 11.1 Å². The molecule has 3 aromatic rings. The summed E-state index contributed by atoms with van der Waals surface area (Å²) in [6.07, 6.45) is 0.558. The van der Waals surface area contributed by atoms with Crippen molar-refractivity contribution in [3.8, 4) is 11.4 Å². The molecule has 6 nitrogen and oxygen atoms in total. The monoisotopic (exact) mass is 407 g/mol. The first kappa shape index (κ1) is 20.9. The number of methoxy groups -OCH3 is 1. The van der Waals surface area contributed by atoms with Gasteiger partial charge < -0.3 is 27.0 Å². The van der Waals surface area contributed by atoms with E-state index in [1.807, 2.05) is 47.8 Å². The van der Waals surface area contributed by atoms with E-state index < -0.39 is 0 Å². The fourth-order valence-electron chi connectivity index (χ4n) is 2.61. The van der Waals surface area contributed by atoms with Crippen molar-refractivity contribution in [3.05, 3.63) is 71.1 Å². The zero-order valence-corrected chi connectivity index (χ0v) is 16.2. The second-order valence-corrected chi connectivity index (χ2v) is 6.22. The highest BCUT2D eigenvalue weighted by Crippen LogP contribution is 2.19. The van der Waals surface area contributed by atoms with Gasteiger partial charge in [0.25, 0.3) is 5.89 Å². The average Bonchev–Trinajstić information content (AvgIpc) is 3.14. The van der Waals surface area contributed by atoms with Gasteiger partial charge in [0, 0.05) is 17.0 Å². The molecule has 0 aliphatic rings. The van der Waals surface area contributed by atoms with Crippen molar-refractivity contribution in [1.29, 1.82) is 0 Å². The SMILES string of the molecule is COC(=O)C(Cc1ccccc1)[NH2+]Cc1nc(-c2cccc(Cl)c2)no1.[Cl-]. The third-order valence-corrected chi connectivity index (χ3v) is 4.17. The van der Waals surface area contributed by atoms with Crippen LogP contribution in [0.1, 0.15) is 11.5 Å². The number of carbonyl (C=O) groups excluding carboxylic acids is 1. The van der Waals surface area contributed by atoms with Crippen molar-refractivity contribution in [2.75, 3.05) is 7.11 Å². The summed E-state index contributed by atoms with van der Waals surface area (Å²) in [6, 6.07) is 16.6. The van der Waals surface area contributed by atoms with Gasteiger partial charge in [-0.15, -0.1) is 0 Å². The van der Waals surface area contributed by atoms with Crippen molar-refractivity contribution in [2.45, 2.75) is 19.0 Å². The second-order valence-electron chi connectivity index (χ2n) is 5.78. The summed E-state index contributed by atoms with van der Waals surface area (Å²) in [7, 11) is 1.39. The lowest BCUT2D eigenvalue weighted by atomic mass is 10.1. The Morgan fingerprint density at radius 2 is 2.00 bits per heavy atom. The molecule has 8 heteroatoms. The molecule has 0 aliphatic heterocycles. The summed E-state index contributed by atoms with van der Waals surface area (Å²) in [4.78, 5) is 16.4. The predicted molar refractivity (Wildman–Crippen MR) is 96.3 cm³/mol. The number of hydrogen-bond donors (Lipinski definition) is 1. The molecule has 0 spiro atoms. The van der Waals surface area contributed by atoms with Crippen LogP contribution in [0.15, 0.2) is 59.1 Å². The molecule has 1 atom stereocenters. The molecule has 0 aliphatic carbocycles. The molecule has 0 saturated carbocycles. The molecule has 1 aromatic heterocycles. The van der Waals surface area contributed by atoms with E-state index in [1.165, 1.54) is 7.11 Å². The number of nitrogens with two attached hydrogens (primary N) is 1. The molecule has 0 amide bonds. The first-order chi connectivity index (χ1) is 12.7. The van der Waals surface area contributed by atoms with Gasteiger partial charge in [0.05, 0.1) is 7.11 Å². The minimum atomic E-state index is -0.385. The van der Waals surface area contributed by atoms with Crippen LogP contribution in [-0.4, -0.2) is 29.3 Å². The molecule has 2 N–H and O–H groups in total. The maximum atomic E-state index is 12.1. The molecular formula is C19H19Cl2N3O3. The molecule has 142 valence electrons. The summed E-state index contributed by atoms with van der Waals surface area (Å²) in [5, 5.41) is 6.42. The number of halogens is 2. The third kappa shape index (κ3) is 5.79. The Morgan fingerprint density at radius 1 is 1.22 bits per heavy atom. The van der Waals surface area contributed by atoms with Crippen molar-refractivity contribution in [1.82, 2.24) is 10.1 Å². The van der Waals surface area contributed by atoms with Crippen molar-refractivity contribution < 1.29 is 31.8 Å². The van der Waals surface area contributed by atoms with Gasteiger partial charge in [-0.2, -0.15) is 4.98 Å². The molecular weight excluding hydrogens is 389 g/mol. The molecule has 1 heterocycles. The van der Waals surface area contributed by atoms with E-state index in [-0.39, 0.29) is 24.4 Å². The van der Waals surface area contributed by atoms with E-state index in [2.05, 4.69) is 10.1 Å². The molecule has 0 fully saturated rings. The van der Waals surface area contributed by atoms with Crippen LogP contribution in [0.5, 0.6) is 0 Å². The molecule has 0 radical (unpaired) electrons. The molecule has 1 unspecified atom stereocenters. The Labute approximate surface area is 168 Å². The van der Waals surface area contributed by atoms with E-state index in [9.17, 15) is 4.79 Å². The zero-order valence-electron chi connectivity index (χ0n) is 14.6. The number of hydrogen-bond acceptors (Lipinski definition) is 5. The molecule has 0 bridgehead atoms. The highest BCUT2D eigenvalue weighted by atomic mass is 35.5. The van der Waals surface area contributed by atoms with E-state index in [4.69, 9.17) is 20.9 Å². The fourth-order valence-corrected chi connectivity index (χ4v) is 2.80. The van der Waals surface area contributed by atoms with Crippen LogP contribution in [0.3, 0.4) is 0 Å². The summed E-state index contributed by atoms with van der Waals surface area (Å²) in [6.45, 7) is 0.375. The Hall–Kier alpha value is -2.41. The van der Waals surface area contributed by atoms with E-state index in [0.29, 0.717) is 29.7 Å². The highest BCUT2D eigenvalue weighted by molar-refractivity contribution is 6.30. The summed E-state index contributed by atoms with van der Waals surface area (Å²) >= 11 is 5.99. The van der Waals surface area contributed by atoms with Gasteiger partial charge in [-0.1, -0.05) is 59.2 Å². The third-order valence-electron chi connectivity index (χ3n) is 3.93. The Bertz CT molecular complexity index is 871. The largest absolute Gasteiger partial charge is 1.00 e. The van der Waals surface area contributed by atoms with Crippen LogP contribution in [0.25, 0.3) is 11.4 Å². The quantitative estimate of drug-likeness (QED) is 0.520. The van der Waals surface area contributed by atoms with Crippen LogP contribution < -0.4 is 17.7 Å². The maximum Gasteiger partial charge on any atom is 0.364 e. The number of quaternary nitrogens is 1. The molecule has 3 rings (SSSR count). The number of esters is 1.